The Morgan fingerprint density at radius 1 is 1.29 bits per heavy atom. The minimum absolute atomic E-state index is 0.0559. The molecule has 1 rings (SSSR count). The van der Waals surface area contributed by atoms with Crippen molar-refractivity contribution in [3.05, 3.63) is 0 Å². The maximum atomic E-state index is 11.8. The number of nitrogens with two attached hydrogens (primary N) is 1. The number of hydrogen-bond donors (Lipinski definition) is 2. The summed E-state index contributed by atoms with van der Waals surface area (Å²) in [6.45, 7) is 11.0. The monoisotopic (exact) mass is 240 g/mol. The van der Waals surface area contributed by atoms with Gasteiger partial charge in [-0.25, -0.2) is 0 Å². The van der Waals surface area contributed by atoms with Gasteiger partial charge >= 0.3 is 0 Å². The van der Waals surface area contributed by atoms with Crippen LogP contribution >= 0.6 is 0 Å². The number of carbonyl (C=O) groups excluding carboxylic acids is 1. The van der Waals surface area contributed by atoms with Crippen LogP contribution in [0.3, 0.4) is 0 Å². The zero-order chi connectivity index (χ0) is 13.3. The highest BCUT2D eigenvalue weighted by Crippen LogP contribution is 2.45. The third-order valence-electron chi connectivity index (χ3n) is 3.43. The summed E-state index contributed by atoms with van der Waals surface area (Å²) in [5, 5.41) is 3.14. The predicted octanol–water partition coefficient (Wildman–Crippen LogP) is 2.44. The molecule has 0 heterocycles. The van der Waals surface area contributed by atoms with Gasteiger partial charge in [0.2, 0.25) is 5.91 Å². The minimum atomic E-state index is -0.0559. The molecule has 1 fully saturated rings. The van der Waals surface area contributed by atoms with Crippen molar-refractivity contribution in [1.82, 2.24) is 5.32 Å². The molecule has 1 aliphatic rings. The number of amides is 1. The quantitative estimate of drug-likeness (QED) is 0.796. The van der Waals surface area contributed by atoms with Gasteiger partial charge in [-0.05, 0) is 37.0 Å². The fraction of sp³-hybridized carbons (Fsp3) is 0.929. The van der Waals surface area contributed by atoms with E-state index in [0.717, 1.165) is 12.8 Å². The van der Waals surface area contributed by atoms with Gasteiger partial charge in [0.25, 0.3) is 0 Å². The van der Waals surface area contributed by atoms with Crippen molar-refractivity contribution in [3.8, 4) is 0 Å². The third-order valence-corrected chi connectivity index (χ3v) is 3.43. The molecule has 3 N–H and O–H groups in total. The molecule has 1 amide bonds. The first-order chi connectivity index (χ1) is 7.60. The van der Waals surface area contributed by atoms with Gasteiger partial charge in [-0.2, -0.15) is 0 Å². The van der Waals surface area contributed by atoms with E-state index in [-0.39, 0.29) is 11.9 Å². The Balaban J connectivity index is 2.56. The van der Waals surface area contributed by atoms with Gasteiger partial charge < -0.3 is 11.1 Å². The molecular weight excluding hydrogens is 212 g/mol. The van der Waals surface area contributed by atoms with Crippen molar-refractivity contribution < 1.29 is 4.79 Å². The van der Waals surface area contributed by atoms with Crippen LogP contribution in [0.4, 0.5) is 0 Å². The Hall–Kier alpha value is -0.570. The van der Waals surface area contributed by atoms with Gasteiger partial charge in [-0.3, -0.25) is 4.79 Å². The molecule has 3 heteroatoms. The zero-order valence-corrected chi connectivity index (χ0v) is 12.0. The van der Waals surface area contributed by atoms with Crippen molar-refractivity contribution in [1.29, 1.82) is 0 Å². The Morgan fingerprint density at radius 3 is 2.18 bits per heavy atom. The summed E-state index contributed by atoms with van der Waals surface area (Å²) in [7, 11) is 0. The SMILES string of the molecule is CC(N)CC(=O)NC1CC(C)(C)CC(C)(C)C1. The van der Waals surface area contributed by atoms with Crippen molar-refractivity contribution in [3.63, 3.8) is 0 Å². The average Bonchev–Trinajstić information content (AvgIpc) is 1.93. The largest absolute Gasteiger partial charge is 0.353 e. The zero-order valence-electron chi connectivity index (χ0n) is 12.0. The van der Waals surface area contributed by atoms with Crippen LogP contribution in [0, 0.1) is 10.8 Å². The summed E-state index contributed by atoms with van der Waals surface area (Å²) in [5.41, 5.74) is 6.27. The van der Waals surface area contributed by atoms with Crippen LogP contribution in [0.25, 0.3) is 0 Å². The fourth-order valence-electron chi connectivity index (χ4n) is 3.53. The van der Waals surface area contributed by atoms with Crippen LogP contribution in [-0.4, -0.2) is 18.0 Å². The summed E-state index contributed by atoms with van der Waals surface area (Å²) >= 11 is 0. The topological polar surface area (TPSA) is 55.1 Å². The first-order valence-corrected chi connectivity index (χ1v) is 6.65. The number of nitrogens with one attached hydrogen (secondary N) is 1. The summed E-state index contributed by atoms with van der Waals surface area (Å²) in [5.74, 6) is 0.0958. The second-order valence-electron chi connectivity index (χ2n) is 7.36. The summed E-state index contributed by atoms with van der Waals surface area (Å²) in [6.07, 6.45) is 3.79. The second kappa shape index (κ2) is 4.97. The molecule has 0 spiro atoms. The first-order valence-electron chi connectivity index (χ1n) is 6.65. The predicted molar refractivity (Wildman–Crippen MR) is 71.6 cm³/mol. The Bertz CT molecular complexity index is 266. The second-order valence-corrected chi connectivity index (χ2v) is 7.36. The maximum absolute atomic E-state index is 11.8. The standard InChI is InChI=1S/C14H28N2O/c1-10(15)6-12(17)16-11-7-13(2,3)9-14(4,5)8-11/h10-11H,6-9,15H2,1-5H3,(H,16,17). The molecule has 0 saturated heterocycles. The van der Waals surface area contributed by atoms with Gasteiger partial charge in [-0.15, -0.1) is 0 Å². The molecule has 0 aromatic heterocycles. The van der Waals surface area contributed by atoms with Gasteiger partial charge in [0.05, 0.1) is 0 Å². The van der Waals surface area contributed by atoms with Crippen molar-refractivity contribution in [2.45, 2.75) is 72.4 Å². The van der Waals surface area contributed by atoms with Crippen molar-refractivity contribution >= 4 is 5.91 Å². The van der Waals surface area contributed by atoms with Crippen LogP contribution < -0.4 is 11.1 Å². The first kappa shape index (κ1) is 14.5. The third kappa shape index (κ3) is 5.07. The van der Waals surface area contributed by atoms with Gasteiger partial charge in [0, 0.05) is 18.5 Å². The molecular formula is C14H28N2O. The molecule has 3 nitrogen and oxygen atoms in total. The molecule has 1 unspecified atom stereocenters. The highest BCUT2D eigenvalue weighted by Gasteiger charge is 2.38. The highest BCUT2D eigenvalue weighted by atomic mass is 16.1. The maximum Gasteiger partial charge on any atom is 0.221 e. The molecule has 100 valence electrons. The number of rotatable bonds is 3. The van der Waals surface area contributed by atoms with E-state index >= 15 is 0 Å². The molecule has 1 atom stereocenters. The van der Waals surface area contributed by atoms with E-state index in [1.165, 1.54) is 6.42 Å². The van der Waals surface area contributed by atoms with Crippen molar-refractivity contribution in [2.24, 2.45) is 16.6 Å². The fourth-order valence-corrected chi connectivity index (χ4v) is 3.53. The van der Waals surface area contributed by atoms with Crippen LogP contribution in [0.5, 0.6) is 0 Å². The van der Waals surface area contributed by atoms with Crippen molar-refractivity contribution in [2.75, 3.05) is 0 Å². The molecule has 0 radical (unpaired) electrons. The molecule has 1 saturated carbocycles. The number of carbonyl (C=O) groups is 1. The van der Waals surface area contributed by atoms with E-state index in [9.17, 15) is 4.79 Å². The van der Waals surface area contributed by atoms with E-state index in [0.29, 0.717) is 23.3 Å². The number of hydrogen-bond acceptors (Lipinski definition) is 2. The molecule has 1 aliphatic carbocycles. The van der Waals surface area contributed by atoms with Gasteiger partial charge in [0.15, 0.2) is 0 Å². The van der Waals surface area contributed by atoms with E-state index < -0.39 is 0 Å². The lowest BCUT2D eigenvalue weighted by atomic mass is 9.63. The van der Waals surface area contributed by atoms with Gasteiger partial charge in [-0.1, -0.05) is 27.7 Å². The van der Waals surface area contributed by atoms with Gasteiger partial charge in [0.1, 0.15) is 0 Å². The lowest BCUT2D eigenvalue weighted by molar-refractivity contribution is -0.122. The van der Waals surface area contributed by atoms with Crippen LogP contribution in [0.1, 0.15) is 60.3 Å². The highest BCUT2D eigenvalue weighted by molar-refractivity contribution is 5.76. The van der Waals surface area contributed by atoms with E-state index in [4.69, 9.17) is 5.73 Å². The molecule has 0 bridgehead atoms. The van der Waals surface area contributed by atoms with E-state index in [2.05, 4.69) is 33.0 Å². The Morgan fingerprint density at radius 2 is 1.76 bits per heavy atom. The Labute approximate surface area is 106 Å². The summed E-state index contributed by atoms with van der Waals surface area (Å²) < 4.78 is 0. The minimum Gasteiger partial charge on any atom is -0.353 e. The van der Waals surface area contributed by atoms with Crippen LogP contribution in [0.2, 0.25) is 0 Å². The summed E-state index contributed by atoms with van der Waals surface area (Å²) in [4.78, 5) is 11.8. The lowest BCUT2D eigenvalue weighted by Crippen LogP contribution is -2.46. The smallest absolute Gasteiger partial charge is 0.221 e. The normalized spacial score (nSPS) is 25.3. The van der Waals surface area contributed by atoms with Crippen LogP contribution in [-0.2, 0) is 4.79 Å². The summed E-state index contributed by atoms with van der Waals surface area (Å²) in [6, 6.07) is 0.250. The van der Waals surface area contributed by atoms with E-state index in [1.54, 1.807) is 0 Å². The Kier molecular flexibility index (Phi) is 4.23. The van der Waals surface area contributed by atoms with E-state index in [1.807, 2.05) is 6.92 Å². The molecule has 17 heavy (non-hydrogen) atoms. The average molecular weight is 240 g/mol. The van der Waals surface area contributed by atoms with Crippen LogP contribution in [0.15, 0.2) is 0 Å². The lowest BCUT2D eigenvalue weighted by Gasteiger charge is -2.45. The molecule has 0 aromatic rings. The molecule has 0 aliphatic heterocycles. The molecule has 0 aromatic carbocycles.